The van der Waals surface area contributed by atoms with E-state index in [1.165, 1.54) is 12.8 Å². The molecule has 4 heterocycles. The number of piperazine rings is 1. The first-order valence-corrected chi connectivity index (χ1v) is 15.4. The lowest BCUT2D eigenvalue weighted by Crippen LogP contribution is -2.49. The van der Waals surface area contributed by atoms with Gasteiger partial charge in [-0.05, 0) is 62.1 Å². The van der Waals surface area contributed by atoms with Gasteiger partial charge < -0.3 is 14.3 Å². The Hall–Kier alpha value is -3.31. The van der Waals surface area contributed by atoms with Gasteiger partial charge >= 0.3 is 0 Å². The van der Waals surface area contributed by atoms with E-state index in [1.54, 1.807) is 34.8 Å². The predicted octanol–water partition coefficient (Wildman–Crippen LogP) is 3.93. The standard InChI is InChI=1S/C28H34N6O4S/c35-28(22-8-11-24(12-9-22)39(36,37)34-14-4-1-5-15-34)33-18-16-32(17-19-33)25-13-10-23(20-29-25)26-30-27(38-31-26)21-6-2-3-7-21/h8-13,20-21H,1-7,14-19H2. The topological polar surface area (TPSA) is 113 Å². The Morgan fingerprint density at radius 3 is 2.23 bits per heavy atom. The fraction of sp³-hybridized carbons (Fsp3) is 0.500. The average molecular weight is 551 g/mol. The minimum absolute atomic E-state index is 0.0879. The van der Waals surface area contributed by atoms with Crippen LogP contribution in [0.15, 0.2) is 52.0 Å². The summed E-state index contributed by atoms with van der Waals surface area (Å²) in [5.74, 6) is 2.43. The molecule has 1 aliphatic carbocycles. The van der Waals surface area contributed by atoms with Gasteiger partial charge in [0.15, 0.2) is 0 Å². The van der Waals surface area contributed by atoms with Crippen molar-refractivity contribution in [3.8, 4) is 11.4 Å². The van der Waals surface area contributed by atoms with Gasteiger partial charge in [-0.3, -0.25) is 4.79 Å². The number of aromatic nitrogens is 3. The van der Waals surface area contributed by atoms with Crippen molar-refractivity contribution in [3.05, 3.63) is 54.0 Å². The first-order chi connectivity index (χ1) is 19.0. The Labute approximate surface area is 229 Å². The Bertz CT molecular complexity index is 1390. The third-order valence-electron chi connectivity index (χ3n) is 8.10. The highest BCUT2D eigenvalue weighted by Crippen LogP contribution is 2.34. The SMILES string of the molecule is O=C(c1ccc(S(=O)(=O)N2CCCCC2)cc1)N1CCN(c2ccc(-c3noc(C4CCCC4)n3)cn2)CC1. The smallest absolute Gasteiger partial charge is 0.253 e. The summed E-state index contributed by atoms with van der Waals surface area (Å²) in [6, 6.07) is 10.3. The van der Waals surface area contributed by atoms with E-state index in [-0.39, 0.29) is 10.8 Å². The second-order valence-electron chi connectivity index (χ2n) is 10.6. The predicted molar refractivity (Wildman–Crippen MR) is 146 cm³/mol. The van der Waals surface area contributed by atoms with Crippen LogP contribution in [-0.4, -0.2) is 77.9 Å². The maximum atomic E-state index is 13.1. The molecule has 0 atom stereocenters. The van der Waals surface area contributed by atoms with Crippen molar-refractivity contribution < 1.29 is 17.7 Å². The highest BCUT2D eigenvalue weighted by Gasteiger charge is 2.28. The van der Waals surface area contributed by atoms with Gasteiger partial charge in [0.1, 0.15) is 5.82 Å². The summed E-state index contributed by atoms with van der Waals surface area (Å²) in [6.45, 7) is 3.56. The van der Waals surface area contributed by atoms with Gasteiger partial charge in [0.25, 0.3) is 5.91 Å². The van der Waals surface area contributed by atoms with Crippen LogP contribution in [0, 0.1) is 0 Å². The van der Waals surface area contributed by atoms with Crippen LogP contribution in [0.1, 0.15) is 67.1 Å². The molecule has 0 N–H and O–H groups in total. The summed E-state index contributed by atoms with van der Waals surface area (Å²) in [6.07, 6.45) is 9.27. The average Bonchev–Trinajstić information content (AvgIpc) is 3.71. The zero-order valence-corrected chi connectivity index (χ0v) is 22.9. The van der Waals surface area contributed by atoms with E-state index < -0.39 is 10.0 Å². The number of amides is 1. The molecule has 1 amide bonds. The molecule has 1 saturated carbocycles. The second-order valence-corrected chi connectivity index (χ2v) is 12.5. The van der Waals surface area contributed by atoms with Gasteiger partial charge in [0, 0.05) is 62.5 Å². The summed E-state index contributed by atoms with van der Waals surface area (Å²) in [4.78, 5) is 26.5. The van der Waals surface area contributed by atoms with E-state index in [0.29, 0.717) is 56.6 Å². The number of sulfonamides is 1. The Kier molecular flexibility index (Phi) is 7.35. The molecule has 2 saturated heterocycles. The van der Waals surface area contributed by atoms with Crippen LogP contribution in [0.25, 0.3) is 11.4 Å². The maximum Gasteiger partial charge on any atom is 0.253 e. The number of rotatable bonds is 6. The third-order valence-corrected chi connectivity index (χ3v) is 10.0. The molecule has 0 radical (unpaired) electrons. The highest BCUT2D eigenvalue weighted by atomic mass is 32.2. The first kappa shape index (κ1) is 25.9. The van der Waals surface area contributed by atoms with Crippen molar-refractivity contribution in [2.45, 2.75) is 55.8 Å². The zero-order chi connectivity index (χ0) is 26.8. The molecular formula is C28H34N6O4S. The quantitative estimate of drug-likeness (QED) is 0.454. The van der Waals surface area contributed by atoms with Crippen LogP contribution >= 0.6 is 0 Å². The minimum Gasteiger partial charge on any atom is -0.353 e. The summed E-state index contributed by atoms with van der Waals surface area (Å²) >= 11 is 0. The molecule has 0 spiro atoms. The first-order valence-electron chi connectivity index (χ1n) is 13.9. The highest BCUT2D eigenvalue weighted by molar-refractivity contribution is 7.89. The molecule has 1 aromatic carbocycles. The molecule has 206 valence electrons. The van der Waals surface area contributed by atoms with Crippen LogP contribution < -0.4 is 4.90 Å². The lowest BCUT2D eigenvalue weighted by molar-refractivity contribution is 0.0746. The lowest BCUT2D eigenvalue weighted by atomic mass is 10.1. The number of anilines is 1. The fourth-order valence-corrected chi connectivity index (χ4v) is 7.26. The van der Waals surface area contributed by atoms with Crippen LogP contribution in [0.5, 0.6) is 0 Å². The van der Waals surface area contributed by atoms with Gasteiger partial charge in [-0.1, -0.05) is 24.4 Å². The molecule has 2 aliphatic heterocycles. The molecule has 3 aromatic rings. The summed E-state index contributed by atoms with van der Waals surface area (Å²) < 4.78 is 32.9. The van der Waals surface area contributed by atoms with Crippen LogP contribution in [0.4, 0.5) is 5.82 Å². The number of nitrogens with zero attached hydrogens (tertiary/aromatic N) is 6. The molecule has 0 bridgehead atoms. The van der Waals surface area contributed by atoms with Crippen LogP contribution in [-0.2, 0) is 10.0 Å². The van der Waals surface area contributed by atoms with E-state index in [1.807, 2.05) is 17.0 Å². The normalized spacial score (nSPS) is 19.5. The van der Waals surface area contributed by atoms with Crippen molar-refractivity contribution in [3.63, 3.8) is 0 Å². The molecule has 39 heavy (non-hydrogen) atoms. The van der Waals surface area contributed by atoms with E-state index in [2.05, 4.69) is 20.0 Å². The molecule has 11 heteroatoms. The maximum absolute atomic E-state index is 13.1. The number of carbonyl (C=O) groups is 1. The van der Waals surface area contributed by atoms with Crippen LogP contribution in [0.2, 0.25) is 0 Å². The number of benzene rings is 1. The van der Waals surface area contributed by atoms with Gasteiger partial charge in [-0.25, -0.2) is 13.4 Å². The summed E-state index contributed by atoms with van der Waals surface area (Å²) in [7, 11) is -3.51. The zero-order valence-electron chi connectivity index (χ0n) is 22.0. The molecular weight excluding hydrogens is 516 g/mol. The largest absolute Gasteiger partial charge is 0.353 e. The Balaban J connectivity index is 1.04. The number of hydrogen-bond acceptors (Lipinski definition) is 8. The Morgan fingerprint density at radius 2 is 1.56 bits per heavy atom. The molecule has 2 aromatic heterocycles. The summed E-state index contributed by atoms with van der Waals surface area (Å²) in [5, 5.41) is 4.15. The Morgan fingerprint density at radius 1 is 0.846 bits per heavy atom. The number of hydrogen-bond donors (Lipinski definition) is 0. The van der Waals surface area contributed by atoms with Crippen molar-refractivity contribution in [2.75, 3.05) is 44.2 Å². The number of piperidine rings is 1. The van der Waals surface area contributed by atoms with E-state index >= 15 is 0 Å². The molecule has 10 nitrogen and oxygen atoms in total. The van der Waals surface area contributed by atoms with Gasteiger partial charge in [-0.15, -0.1) is 0 Å². The van der Waals surface area contributed by atoms with Crippen molar-refractivity contribution in [1.29, 1.82) is 0 Å². The minimum atomic E-state index is -3.51. The number of carbonyl (C=O) groups excluding carboxylic acids is 1. The molecule has 0 unspecified atom stereocenters. The monoisotopic (exact) mass is 550 g/mol. The van der Waals surface area contributed by atoms with Crippen LogP contribution in [0.3, 0.4) is 0 Å². The van der Waals surface area contributed by atoms with Crippen molar-refractivity contribution >= 4 is 21.7 Å². The molecule has 3 fully saturated rings. The van der Waals surface area contributed by atoms with E-state index in [0.717, 1.165) is 49.4 Å². The van der Waals surface area contributed by atoms with Gasteiger partial charge in [0.2, 0.25) is 21.7 Å². The van der Waals surface area contributed by atoms with Gasteiger partial charge in [0.05, 0.1) is 4.90 Å². The fourth-order valence-electron chi connectivity index (χ4n) is 5.74. The number of pyridine rings is 1. The van der Waals surface area contributed by atoms with Crippen molar-refractivity contribution in [2.24, 2.45) is 0 Å². The van der Waals surface area contributed by atoms with Gasteiger partial charge in [-0.2, -0.15) is 9.29 Å². The van der Waals surface area contributed by atoms with E-state index in [4.69, 9.17) is 4.52 Å². The second kappa shape index (κ2) is 11.1. The molecule has 6 rings (SSSR count). The van der Waals surface area contributed by atoms with E-state index in [9.17, 15) is 13.2 Å². The lowest BCUT2D eigenvalue weighted by Gasteiger charge is -2.35. The molecule has 3 aliphatic rings. The summed E-state index contributed by atoms with van der Waals surface area (Å²) in [5.41, 5.74) is 1.33. The van der Waals surface area contributed by atoms with Crippen molar-refractivity contribution in [1.82, 2.24) is 24.3 Å². The third kappa shape index (κ3) is 5.42.